The molecular formula is C13H20N2O2S2. The fourth-order valence-electron chi connectivity index (χ4n) is 1.80. The molecule has 0 heterocycles. The first-order valence-corrected chi connectivity index (χ1v) is 8.18. The van der Waals surface area contributed by atoms with Crippen molar-refractivity contribution in [3.63, 3.8) is 0 Å². The van der Waals surface area contributed by atoms with E-state index in [1.54, 1.807) is 18.2 Å². The minimum absolute atomic E-state index is 0.0854. The van der Waals surface area contributed by atoms with Gasteiger partial charge >= 0.3 is 0 Å². The number of sulfonamides is 1. The number of benzene rings is 1. The van der Waals surface area contributed by atoms with Crippen molar-refractivity contribution in [3.8, 4) is 0 Å². The molecule has 0 aliphatic heterocycles. The van der Waals surface area contributed by atoms with Crippen LogP contribution in [-0.2, 0) is 10.0 Å². The molecule has 0 fully saturated rings. The highest BCUT2D eigenvalue weighted by Gasteiger charge is 2.21. The molecule has 0 aliphatic carbocycles. The van der Waals surface area contributed by atoms with Crippen LogP contribution in [0.25, 0.3) is 0 Å². The summed E-state index contributed by atoms with van der Waals surface area (Å²) in [5.74, 6) is 0. The van der Waals surface area contributed by atoms with Crippen LogP contribution >= 0.6 is 12.2 Å². The van der Waals surface area contributed by atoms with Crippen molar-refractivity contribution in [1.82, 2.24) is 4.72 Å². The first-order chi connectivity index (χ1) is 8.88. The van der Waals surface area contributed by atoms with Crippen LogP contribution < -0.4 is 10.5 Å². The largest absolute Gasteiger partial charge is 0.389 e. The molecule has 4 nitrogen and oxygen atoms in total. The third kappa shape index (κ3) is 4.56. The maximum atomic E-state index is 12.3. The van der Waals surface area contributed by atoms with E-state index < -0.39 is 10.0 Å². The second kappa shape index (κ2) is 6.98. The van der Waals surface area contributed by atoms with Gasteiger partial charge in [0.2, 0.25) is 10.0 Å². The van der Waals surface area contributed by atoms with Crippen LogP contribution in [0.15, 0.2) is 29.2 Å². The van der Waals surface area contributed by atoms with Gasteiger partial charge in [-0.3, -0.25) is 0 Å². The minimum atomic E-state index is -3.58. The van der Waals surface area contributed by atoms with Crippen molar-refractivity contribution >= 4 is 27.2 Å². The van der Waals surface area contributed by atoms with Gasteiger partial charge in [0.25, 0.3) is 0 Å². The molecule has 1 aromatic rings. The average molecular weight is 300 g/mol. The third-order valence-corrected chi connectivity index (χ3v) is 4.66. The number of hydrogen-bond donors (Lipinski definition) is 2. The molecule has 1 aromatic carbocycles. The molecule has 106 valence electrons. The number of nitrogens with one attached hydrogen (secondary N) is 1. The molecule has 0 spiro atoms. The van der Waals surface area contributed by atoms with Gasteiger partial charge in [-0.1, -0.05) is 50.2 Å². The van der Waals surface area contributed by atoms with Gasteiger partial charge in [0.15, 0.2) is 0 Å². The molecule has 0 aromatic heterocycles. The molecule has 0 saturated heterocycles. The molecule has 1 atom stereocenters. The molecule has 0 saturated carbocycles. The maximum Gasteiger partial charge on any atom is 0.241 e. The van der Waals surface area contributed by atoms with E-state index in [2.05, 4.69) is 11.6 Å². The van der Waals surface area contributed by atoms with E-state index in [-0.39, 0.29) is 15.9 Å². The van der Waals surface area contributed by atoms with Crippen molar-refractivity contribution in [2.45, 2.75) is 44.0 Å². The Morgan fingerprint density at radius 3 is 2.63 bits per heavy atom. The highest BCUT2D eigenvalue weighted by molar-refractivity contribution is 7.89. The summed E-state index contributed by atoms with van der Waals surface area (Å²) in [6.07, 6.45) is 2.83. The summed E-state index contributed by atoms with van der Waals surface area (Å²) in [6, 6.07) is 6.40. The second-order valence-electron chi connectivity index (χ2n) is 4.52. The lowest BCUT2D eigenvalue weighted by atomic mass is 10.2. The molecule has 0 radical (unpaired) electrons. The fourth-order valence-corrected chi connectivity index (χ4v) is 3.54. The molecular weight excluding hydrogens is 280 g/mol. The van der Waals surface area contributed by atoms with Crippen LogP contribution in [-0.4, -0.2) is 19.4 Å². The van der Waals surface area contributed by atoms with Crippen molar-refractivity contribution in [2.24, 2.45) is 5.73 Å². The standard InChI is InChI=1S/C13H20N2O2S2/c1-3-4-7-10(2)15-19(16,17)12-9-6-5-8-11(12)13(14)18/h5-6,8-10,15H,3-4,7H2,1-2H3,(H2,14,18). The van der Waals surface area contributed by atoms with Gasteiger partial charge in [-0.25, -0.2) is 13.1 Å². The highest BCUT2D eigenvalue weighted by atomic mass is 32.2. The predicted octanol–water partition coefficient (Wildman–Crippen LogP) is 2.18. The van der Waals surface area contributed by atoms with Crippen LogP contribution in [0.4, 0.5) is 0 Å². The van der Waals surface area contributed by atoms with E-state index in [1.807, 2.05) is 6.92 Å². The zero-order chi connectivity index (χ0) is 14.5. The zero-order valence-electron chi connectivity index (χ0n) is 11.2. The molecule has 1 rings (SSSR count). The monoisotopic (exact) mass is 300 g/mol. The number of nitrogens with two attached hydrogens (primary N) is 1. The SMILES string of the molecule is CCCCC(C)NS(=O)(=O)c1ccccc1C(N)=S. The molecule has 6 heteroatoms. The number of rotatable bonds is 7. The Morgan fingerprint density at radius 2 is 2.05 bits per heavy atom. The van der Waals surface area contributed by atoms with Gasteiger partial charge < -0.3 is 5.73 Å². The maximum absolute atomic E-state index is 12.3. The van der Waals surface area contributed by atoms with Crippen molar-refractivity contribution in [3.05, 3.63) is 29.8 Å². The van der Waals surface area contributed by atoms with Gasteiger partial charge in [0.05, 0.1) is 4.90 Å². The van der Waals surface area contributed by atoms with Gasteiger partial charge in [0, 0.05) is 11.6 Å². The lowest BCUT2D eigenvalue weighted by molar-refractivity contribution is 0.534. The predicted molar refractivity (Wildman–Crippen MR) is 81.6 cm³/mol. The van der Waals surface area contributed by atoms with Crippen LogP contribution in [0.2, 0.25) is 0 Å². The molecule has 3 N–H and O–H groups in total. The van der Waals surface area contributed by atoms with E-state index in [0.29, 0.717) is 5.56 Å². The summed E-state index contributed by atoms with van der Waals surface area (Å²) < 4.78 is 27.3. The van der Waals surface area contributed by atoms with Gasteiger partial charge in [-0.05, 0) is 19.4 Å². The van der Waals surface area contributed by atoms with E-state index in [9.17, 15) is 8.42 Å². The Balaban J connectivity index is 2.98. The van der Waals surface area contributed by atoms with Crippen LogP contribution in [0.3, 0.4) is 0 Å². The fraction of sp³-hybridized carbons (Fsp3) is 0.462. The first kappa shape index (κ1) is 16.1. The number of thiocarbonyl (C=S) groups is 1. The van der Waals surface area contributed by atoms with E-state index >= 15 is 0 Å². The normalized spacial score (nSPS) is 13.2. The summed E-state index contributed by atoms with van der Waals surface area (Å²) in [5.41, 5.74) is 5.94. The highest BCUT2D eigenvalue weighted by Crippen LogP contribution is 2.16. The Kier molecular flexibility index (Phi) is 5.90. The van der Waals surface area contributed by atoms with Gasteiger partial charge in [-0.15, -0.1) is 0 Å². The zero-order valence-corrected chi connectivity index (χ0v) is 12.9. The van der Waals surface area contributed by atoms with E-state index in [4.69, 9.17) is 18.0 Å². The minimum Gasteiger partial charge on any atom is -0.389 e. The Bertz CT molecular complexity index is 541. The smallest absolute Gasteiger partial charge is 0.241 e. The van der Waals surface area contributed by atoms with Gasteiger partial charge in [0.1, 0.15) is 4.99 Å². The molecule has 0 bridgehead atoms. The quantitative estimate of drug-likeness (QED) is 0.757. The van der Waals surface area contributed by atoms with Crippen molar-refractivity contribution < 1.29 is 8.42 Å². The summed E-state index contributed by atoms with van der Waals surface area (Å²) in [4.78, 5) is 0.230. The topological polar surface area (TPSA) is 72.2 Å². The average Bonchev–Trinajstić information content (AvgIpc) is 2.35. The van der Waals surface area contributed by atoms with Gasteiger partial charge in [-0.2, -0.15) is 0 Å². The second-order valence-corrected chi connectivity index (χ2v) is 6.65. The number of hydrogen-bond acceptors (Lipinski definition) is 3. The molecule has 1 unspecified atom stereocenters. The molecule has 0 amide bonds. The molecule has 0 aliphatic rings. The Labute approximate surface area is 120 Å². The van der Waals surface area contributed by atoms with E-state index in [1.165, 1.54) is 6.07 Å². The lowest BCUT2D eigenvalue weighted by Gasteiger charge is -2.15. The first-order valence-electron chi connectivity index (χ1n) is 6.29. The van der Waals surface area contributed by atoms with Crippen LogP contribution in [0.5, 0.6) is 0 Å². The molecule has 19 heavy (non-hydrogen) atoms. The van der Waals surface area contributed by atoms with Crippen LogP contribution in [0, 0.1) is 0 Å². The van der Waals surface area contributed by atoms with E-state index in [0.717, 1.165) is 19.3 Å². The third-order valence-electron chi connectivity index (χ3n) is 2.79. The Hall–Kier alpha value is -0.980. The van der Waals surface area contributed by atoms with Crippen LogP contribution in [0.1, 0.15) is 38.7 Å². The van der Waals surface area contributed by atoms with Crippen molar-refractivity contribution in [1.29, 1.82) is 0 Å². The summed E-state index contributed by atoms with van der Waals surface area (Å²) in [7, 11) is -3.58. The Morgan fingerprint density at radius 1 is 1.42 bits per heavy atom. The summed E-state index contributed by atoms with van der Waals surface area (Å²) in [6.45, 7) is 3.93. The number of unbranched alkanes of at least 4 members (excludes halogenated alkanes) is 1. The summed E-state index contributed by atoms with van der Waals surface area (Å²) in [5, 5.41) is 0. The summed E-state index contributed by atoms with van der Waals surface area (Å²) >= 11 is 4.89. The lowest BCUT2D eigenvalue weighted by Crippen LogP contribution is -2.33. The van der Waals surface area contributed by atoms with Crippen molar-refractivity contribution in [2.75, 3.05) is 0 Å².